The van der Waals surface area contributed by atoms with Crippen molar-refractivity contribution in [3.05, 3.63) is 77.8 Å². The number of halogens is 1. The zero-order valence-electron chi connectivity index (χ0n) is 10.9. The molecule has 1 atom stereocenters. The Labute approximate surface area is 124 Å². The molecule has 2 nitrogen and oxygen atoms in total. The molecule has 0 spiro atoms. The summed E-state index contributed by atoms with van der Waals surface area (Å²) in [4.78, 5) is 0.298. The summed E-state index contributed by atoms with van der Waals surface area (Å²) in [7, 11) is -3.49. The molecule has 0 bridgehead atoms. The Morgan fingerprint density at radius 3 is 2.00 bits per heavy atom. The van der Waals surface area contributed by atoms with Gasteiger partial charge in [-0.3, -0.25) is 0 Å². The molecule has 0 aliphatic rings. The molecule has 0 amide bonds. The molecular formula is C16H15ClO2S. The van der Waals surface area contributed by atoms with Crippen LogP contribution in [0.4, 0.5) is 0 Å². The minimum Gasteiger partial charge on any atom is -0.223 e. The Morgan fingerprint density at radius 1 is 1.00 bits per heavy atom. The van der Waals surface area contributed by atoms with Crippen LogP contribution in [-0.2, 0) is 9.84 Å². The molecule has 1 unspecified atom stereocenters. The highest BCUT2D eigenvalue weighted by Crippen LogP contribution is 2.34. The van der Waals surface area contributed by atoms with Crippen LogP contribution >= 0.6 is 11.6 Å². The molecule has 0 heterocycles. The number of allylic oxidation sites excluding steroid dienone is 1. The molecule has 2 aromatic rings. The van der Waals surface area contributed by atoms with Crippen LogP contribution in [0, 0.1) is 0 Å². The summed E-state index contributed by atoms with van der Waals surface area (Å²) in [6, 6.07) is 17.5. The zero-order chi connectivity index (χ0) is 14.6. The van der Waals surface area contributed by atoms with Crippen molar-refractivity contribution < 1.29 is 8.42 Å². The Kier molecular flexibility index (Phi) is 4.63. The van der Waals surface area contributed by atoms with Gasteiger partial charge in [0.25, 0.3) is 0 Å². The molecule has 0 saturated carbocycles. The highest BCUT2D eigenvalue weighted by atomic mass is 35.5. The van der Waals surface area contributed by atoms with E-state index in [9.17, 15) is 8.42 Å². The van der Waals surface area contributed by atoms with E-state index in [1.807, 2.05) is 18.2 Å². The van der Waals surface area contributed by atoms with Crippen LogP contribution in [0.2, 0.25) is 0 Å². The number of benzene rings is 2. The molecule has 4 heteroatoms. The molecule has 2 aromatic carbocycles. The van der Waals surface area contributed by atoms with Gasteiger partial charge in [0.2, 0.25) is 0 Å². The fourth-order valence-electron chi connectivity index (χ4n) is 2.05. The van der Waals surface area contributed by atoms with E-state index in [4.69, 9.17) is 11.6 Å². The maximum absolute atomic E-state index is 12.8. The fraction of sp³-hybridized carbons (Fsp3) is 0.125. The zero-order valence-corrected chi connectivity index (χ0v) is 12.4. The normalized spacial score (nSPS) is 12.8. The number of rotatable bonds is 5. The Balaban J connectivity index is 2.49. The Hall–Kier alpha value is -1.58. The molecule has 0 N–H and O–H groups in total. The highest BCUT2D eigenvalue weighted by molar-refractivity contribution is 7.91. The fourth-order valence-corrected chi connectivity index (χ4v) is 4.10. The average molecular weight is 307 g/mol. The molecule has 0 fully saturated rings. The predicted molar refractivity (Wildman–Crippen MR) is 82.4 cm³/mol. The van der Waals surface area contributed by atoms with Crippen LogP contribution in [0.25, 0.3) is 0 Å². The average Bonchev–Trinajstić information content (AvgIpc) is 2.46. The lowest BCUT2D eigenvalue weighted by molar-refractivity contribution is 0.581. The van der Waals surface area contributed by atoms with Gasteiger partial charge in [0.05, 0.1) is 10.1 Å². The van der Waals surface area contributed by atoms with Crippen molar-refractivity contribution >= 4 is 21.4 Å². The van der Waals surface area contributed by atoms with Gasteiger partial charge >= 0.3 is 0 Å². The second-order valence-electron chi connectivity index (χ2n) is 4.48. The van der Waals surface area contributed by atoms with Crippen LogP contribution in [0.5, 0.6) is 0 Å². The Morgan fingerprint density at radius 2 is 1.50 bits per heavy atom. The largest absolute Gasteiger partial charge is 0.223 e. The summed E-state index contributed by atoms with van der Waals surface area (Å²) in [6.45, 7) is 3.63. The summed E-state index contributed by atoms with van der Waals surface area (Å²) >= 11 is 5.86. The van der Waals surface area contributed by atoms with Gasteiger partial charge in [-0.15, -0.1) is 0 Å². The highest BCUT2D eigenvalue weighted by Gasteiger charge is 2.29. The minimum absolute atomic E-state index is 0.197. The lowest BCUT2D eigenvalue weighted by Gasteiger charge is -2.17. The first kappa shape index (κ1) is 14.8. The molecule has 0 aliphatic heterocycles. The van der Waals surface area contributed by atoms with Crippen molar-refractivity contribution in [2.75, 3.05) is 0 Å². The van der Waals surface area contributed by atoms with Crippen LogP contribution < -0.4 is 0 Å². The smallest absolute Gasteiger partial charge is 0.185 e. The van der Waals surface area contributed by atoms with Crippen molar-refractivity contribution in [1.82, 2.24) is 0 Å². The summed E-state index contributed by atoms with van der Waals surface area (Å²) in [5.41, 5.74) is 0.721. The van der Waals surface area contributed by atoms with E-state index in [0.29, 0.717) is 9.93 Å². The SMILES string of the molecule is C=C(Cl)CC(c1ccccc1)S(=O)(=O)c1ccccc1. The van der Waals surface area contributed by atoms with E-state index in [1.165, 1.54) is 0 Å². The van der Waals surface area contributed by atoms with E-state index >= 15 is 0 Å². The van der Waals surface area contributed by atoms with E-state index in [2.05, 4.69) is 6.58 Å². The van der Waals surface area contributed by atoms with Gasteiger partial charge in [0.1, 0.15) is 0 Å². The molecule has 104 valence electrons. The van der Waals surface area contributed by atoms with Crippen molar-refractivity contribution in [2.24, 2.45) is 0 Å². The number of hydrogen-bond donors (Lipinski definition) is 0. The summed E-state index contributed by atoms with van der Waals surface area (Å²) in [5.74, 6) is 0. The van der Waals surface area contributed by atoms with Gasteiger partial charge in [-0.2, -0.15) is 0 Å². The third kappa shape index (κ3) is 3.30. The molecule has 0 radical (unpaired) electrons. The third-order valence-electron chi connectivity index (χ3n) is 3.02. The standard InChI is InChI=1S/C16H15ClO2S/c1-13(17)12-16(14-8-4-2-5-9-14)20(18,19)15-10-6-3-7-11-15/h2-11,16H,1,12H2. The molecule has 0 aromatic heterocycles. The van der Waals surface area contributed by atoms with Crippen LogP contribution in [0.15, 0.2) is 77.2 Å². The van der Waals surface area contributed by atoms with Gasteiger partial charge in [-0.25, -0.2) is 8.42 Å². The van der Waals surface area contributed by atoms with Gasteiger partial charge in [-0.05, 0) is 17.7 Å². The van der Waals surface area contributed by atoms with Crippen molar-refractivity contribution in [2.45, 2.75) is 16.6 Å². The third-order valence-corrected chi connectivity index (χ3v) is 5.30. The maximum atomic E-state index is 12.8. The molecule has 2 rings (SSSR count). The van der Waals surface area contributed by atoms with E-state index in [0.717, 1.165) is 5.56 Å². The summed E-state index contributed by atoms with van der Waals surface area (Å²) in [5, 5.41) is -0.380. The monoisotopic (exact) mass is 306 g/mol. The van der Waals surface area contributed by atoms with Gasteiger partial charge in [-0.1, -0.05) is 66.7 Å². The number of hydrogen-bond acceptors (Lipinski definition) is 2. The second-order valence-corrected chi connectivity index (χ2v) is 7.14. The first-order valence-corrected chi connectivity index (χ1v) is 8.11. The van der Waals surface area contributed by atoms with E-state index in [1.54, 1.807) is 42.5 Å². The van der Waals surface area contributed by atoms with Crippen LogP contribution in [0.3, 0.4) is 0 Å². The molecular weight excluding hydrogens is 292 g/mol. The van der Waals surface area contributed by atoms with Crippen molar-refractivity contribution in [3.8, 4) is 0 Å². The lowest BCUT2D eigenvalue weighted by Crippen LogP contribution is -2.14. The molecule has 0 aliphatic carbocycles. The first-order chi connectivity index (χ1) is 9.51. The predicted octanol–water partition coefficient (Wildman–Crippen LogP) is 4.34. The second kappa shape index (κ2) is 6.25. The summed E-state index contributed by atoms with van der Waals surface area (Å²) in [6.07, 6.45) is 0.197. The van der Waals surface area contributed by atoms with Gasteiger partial charge in [0, 0.05) is 11.5 Å². The quantitative estimate of drug-likeness (QED) is 0.823. The van der Waals surface area contributed by atoms with Gasteiger partial charge in [0.15, 0.2) is 9.84 Å². The lowest BCUT2D eigenvalue weighted by atomic mass is 10.1. The molecule has 0 saturated heterocycles. The first-order valence-electron chi connectivity index (χ1n) is 6.19. The van der Waals surface area contributed by atoms with Crippen molar-refractivity contribution in [3.63, 3.8) is 0 Å². The van der Waals surface area contributed by atoms with Crippen LogP contribution in [0.1, 0.15) is 17.2 Å². The van der Waals surface area contributed by atoms with Crippen molar-refractivity contribution in [1.29, 1.82) is 0 Å². The van der Waals surface area contributed by atoms with E-state index < -0.39 is 15.1 Å². The topological polar surface area (TPSA) is 34.1 Å². The number of sulfone groups is 1. The minimum atomic E-state index is -3.49. The molecule has 20 heavy (non-hydrogen) atoms. The van der Waals surface area contributed by atoms with E-state index in [-0.39, 0.29) is 6.42 Å². The van der Waals surface area contributed by atoms with Crippen LogP contribution in [-0.4, -0.2) is 8.42 Å². The summed E-state index contributed by atoms with van der Waals surface area (Å²) < 4.78 is 25.5. The van der Waals surface area contributed by atoms with Gasteiger partial charge < -0.3 is 0 Å². The maximum Gasteiger partial charge on any atom is 0.185 e. The Bertz CT molecular complexity index is 679.